The lowest BCUT2D eigenvalue weighted by molar-refractivity contribution is 0.564. The first-order valence-corrected chi connectivity index (χ1v) is 5.15. The van der Waals surface area contributed by atoms with Crippen LogP contribution in [-0.2, 0) is 6.54 Å². The maximum Gasteiger partial charge on any atom is 0.222 e. The SMILES string of the molecule is Ic1cnc(NCc2ccoc2)nc1. The Labute approximate surface area is 94.9 Å². The van der Waals surface area contributed by atoms with Crippen LogP contribution >= 0.6 is 22.6 Å². The quantitative estimate of drug-likeness (QED) is 0.884. The molecule has 0 radical (unpaired) electrons. The number of furan rings is 1. The second kappa shape index (κ2) is 4.41. The fourth-order valence-corrected chi connectivity index (χ4v) is 1.26. The highest BCUT2D eigenvalue weighted by Crippen LogP contribution is 2.05. The first-order chi connectivity index (χ1) is 6.84. The average molecular weight is 301 g/mol. The highest BCUT2D eigenvalue weighted by atomic mass is 127. The topological polar surface area (TPSA) is 51.0 Å². The highest BCUT2D eigenvalue weighted by molar-refractivity contribution is 14.1. The Balaban J connectivity index is 1.95. The monoisotopic (exact) mass is 301 g/mol. The van der Waals surface area contributed by atoms with Gasteiger partial charge in [0, 0.05) is 28.1 Å². The van der Waals surface area contributed by atoms with E-state index in [4.69, 9.17) is 4.42 Å². The van der Waals surface area contributed by atoms with Crippen molar-refractivity contribution in [2.24, 2.45) is 0 Å². The normalized spacial score (nSPS) is 10.1. The molecule has 1 N–H and O–H groups in total. The van der Waals surface area contributed by atoms with Crippen molar-refractivity contribution in [3.05, 3.63) is 40.1 Å². The maximum absolute atomic E-state index is 4.94. The van der Waals surface area contributed by atoms with Crippen molar-refractivity contribution in [1.29, 1.82) is 0 Å². The number of hydrogen-bond donors (Lipinski definition) is 1. The molecule has 0 saturated heterocycles. The van der Waals surface area contributed by atoms with E-state index < -0.39 is 0 Å². The van der Waals surface area contributed by atoms with Crippen molar-refractivity contribution in [3.63, 3.8) is 0 Å². The molecule has 4 nitrogen and oxygen atoms in total. The van der Waals surface area contributed by atoms with E-state index >= 15 is 0 Å². The van der Waals surface area contributed by atoms with Crippen LogP contribution in [0.25, 0.3) is 0 Å². The predicted molar refractivity (Wildman–Crippen MR) is 60.8 cm³/mol. The summed E-state index contributed by atoms with van der Waals surface area (Å²) < 4.78 is 5.96. The molecule has 0 spiro atoms. The zero-order valence-corrected chi connectivity index (χ0v) is 9.43. The summed E-state index contributed by atoms with van der Waals surface area (Å²) in [5.41, 5.74) is 1.08. The lowest BCUT2D eigenvalue weighted by atomic mass is 10.3. The molecule has 0 fully saturated rings. The summed E-state index contributed by atoms with van der Waals surface area (Å²) in [6.07, 6.45) is 6.88. The molecule has 0 aromatic carbocycles. The third-order valence-corrected chi connectivity index (χ3v) is 2.21. The van der Waals surface area contributed by atoms with Gasteiger partial charge in [0.25, 0.3) is 0 Å². The summed E-state index contributed by atoms with van der Waals surface area (Å²) in [5, 5.41) is 3.09. The van der Waals surface area contributed by atoms with Crippen LogP contribution in [-0.4, -0.2) is 9.97 Å². The number of rotatable bonds is 3. The molecule has 0 amide bonds. The van der Waals surface area contributed by atoms with E-state index in [1.807, 2.05) is 6.07 Å². The molecule has 0 saturated carbocycles. The van der Waals surface area contributed by atoms with Crippen molar-refractivity contribution in [2.45, 2.75) is 6.54 Å². The molecule has 2 aromatic rings. The Morgan fingerprint density at radius 3 is 2.79 bits per heavy atom. The third kappa shape index (κ3) is 2.44. The van der Waals surface area contributed by atoms with Crippen LogP contribution in [0, 0.1) is 3.57 Å². The lowest BCUT2D eigenvalue weighted by Gasteiger charge is -2.01. The van der Waals surface area contributed by atoms with Crippen molar-refractivity contribution in [1.82, 2.24) is 9.97 Å². The van der Waals surface area contributed by atoms with Crippen LogP contribution in [0.15, 0.2) is 35.4 Å². The fourth-order valence-electron chi connectivity index (χ4n) is 0.978. The molecule has 0 unspecified atom stereocenters. The summed E-state index contributed by atoms with van der Waals surface area (Å²) in [4.78, 5) is 8.23. The number of halogens is 1. The molecule has 5 heteroatoms. The smallest absolute Gasteiger partial charge is 0.222 e. The van der Waals surface area contributed by atoms with E-state index in [1.54, 1.807) is 24.9 Å². The predicted octanol–water partition coefficient (Wildman–Crippen LogP) is 2.29. The minimum atomic E-state index is 0.631. The van der Waals surface area contributed by atoms with Gasteiger partial charge in [0.05, 0.1) is 12.5 Å². The molecular weight excluding hydrogens is 293 g/mol. The van der Waals surface area contributed by atoms with E-state index in [9.17, 15) is 0 Å². The van der Waals surface area contributed by atoms with Crippen molar-refractivity contribution in [2.75, 3.05) is 5.32 Å². The van der Waals surface area contributed by atoms with E-state index in [1.165, 1.54) is 0 Å². The van der Waals surface area contributed by atoms with Crippen LogP contribution in [0.4, 0.5) is 5.95 Å². The molecular formula is C9H8IN3O. The molecule has 0 aliphatic heterocycles. The minimum Gasteiger partial charge on any atom is -0.472 e. The summed E-state index contributed by atoms with van der Waals surface area (Å²) in [6.45, 7) is 0.678. The Kier molecular flexibility index (Phi) is 2.97. The van der Waals surface area contributed by atoms with Crippen molar-refractivity contribution in [3.8, 4) is 0 Å². The lowest BCUT2D eigenvalue weighted by Crippen LogP contribution is -2.02. The third-order valence-electron chi connectivity index (χ3n) is 1.65. The van der Waals surface area contributed by atoms with Crippen molar-refractivity contribution < 1.29 is 4.42 Å². The zero-order chi connectivity index (χ0) is 9.80. The number of aromatic nitrogens is 2. The van der Waals surface area contributed by atoms with Crippen molar-refractivity contribution >= 4 is 28.5 Å². The van der Waals surface area contributed by atoms with E-state index in [-0.39, 0.29) is 0 Å². The molecule has 2 aromatic heterocycles. The van der Waals surface area contributed by atoms with Gasteiger partial charge in [0.1, 0.15) is 0 Å². The molecule has 2 heterocycles. The zero-order valence-electron chi connectivity index (χ0n) is 7.27. The molecule has 0 aliphatic rings. The van der Waals surface area contributed by atoms with E-state index in [2.05, 4.69) is 37.9 Å². The van der Waals surface area contributed by atoms with Crippen LogP contribution in [0.5, 0.6) is 0 Å². The van der Waals surface area contributed by atoms with Gasteiger partial charge in [-0.2, -0.15) is 0 Å². The molecule has 0 bridgehead atoms. The van der Waals surface area contributed by atoms with Gasteiger partial charge in [-0.3, -0.25) is 0 Å². The van der Waals surface area contributed by atoms with Gasteiger partial charge in [-0.1, -0.05) is 0 Å². The Hall–Kier alpha value is -1.11. The van der Waals surface area contributed by atoms with Gasteiger partial charge < -0.3 is 9.73 Å². The standard InChI is InChI=1S/C9H8IN3O/c10-8-4-12-9(13-5-8)11-3-7-1-2-14-6-7/h1-2,4-6H,3H2,(H,11,12,13). The summed E-state index contributed by atoms with van der Waals surface area (Å²) in [6, 6.07) is 1.90. The van der Waals surface area contributed by atoms with E-state index in [0.717, 1.165) is 9.13 Å². The Morgan fingerprint density at radius 2 is 2.14 bits per heavy atom. The van der Waals surface area contributed by atoms with Gasteiger partial charge >= 0.3 is 0 Å². The second-order valence-electron chi connectivity index (χ2n) is 2.71. The van der Waals surface area contributed by atoms with Crippen LogP contribution in [0.3, 0.4) is 0 Å². The summed E-state index contributed by atoms with van der Waals surface area (Å²) >= 11 is 2.17. The van der Waals surface area contributed by atoms with Gasteiger partial charge in [-0.05, 0) is 28.7 Å². The minimum absolute atomic E-state index is 0.631. The fraction of sp³-hybridized carbons (Fsp3) is 0.111. The number of nitrogens with zero attached hydrogens (tertiary/aromatic N) is 2. The van der Waals surface area contributed by atoms with E-state index in [0.29, 0.717) is 12.5 Å². The van der Waals surface area contributed by atoms with Gasteiger partial charge in [-0.15, -0.1) is 0 Å². The first kappa shape index (κ1) is 9.45. The number of anilines is 1. The highest BCUT2D eigenvalue weighted by Gasteiger charge is 1.96. The van der Waals surface area contributed by atoms with Gasteiger partial charge in [-0.25, -0.2) is 9.97 Å². The average Bonchev–Trinajstić information content (AvgIpc) is 2.70. The Morgan fingerprint density at radius 1 is 1.36 bits per heavy atom. The largest absolute Gasteiger partial charge is 0.472 e. The van der Waals surface area contributed by atoms with Gasteiger partial charge in [0.2, 0.25) is 5.95 Å². The molecule has 72 valence electrons. The number of nitrogens with one attached hydrogen (secondary N) is 1. The summed E-state index contributed by atoms with van der Waals surface area (Å²) in [7, 11) is 0. The molecule has 0 atom stereocenters. The van der Waals surface area contributed by atoms with Crippen LogP contribution in [0.2, 0.25) is 0 Å². The van der Waals surface area contributed by atoms with Gasteiger partial charge in [0.15, 0.2) is 0 Å². The maximum atomic E-state index is 4.94. The molecule has 0 aliphatic carbocycles. The Bertz CT molecular complexity index is 385. The summed E-state index contributed by atoms with van der Waals surface area (Å²) in [5.74, 6) is 0.631. The first-order valence-electron chi connectivity index (χ1n) is 4.07. The molecule has 2 rings (SSSR count). The second-order valence-corrected chi connectivity index (χ2v) is 3.96. The molecule has 14 heavy (non-hydrogen) atoms. The number of hydrogen-bond acceptors (Lipinski definition) is 4. The van der Waals surface area contributed by atoms with Crippen LogP contribution in [0.1, 0.15) is 5.56 Å². The van der Waals surface area contributed by atoms with Crippen LogP contribution < -0.4 is 5.32 Å².